The molecule has 0 fully saturated rings. The minimum atomic E-state index is 0.946. The van der Waals surface area contributed by atoms with Gasteiger partial charge in [-0.05, 0) is 43.2 Å². The molecule has 0 aliphatic rings. The molecule has 0 saturated carbocycles. The summed E-state index contributed by atoms with van der Waals surface area (Å²) in [5.74, 6) is 0. The molecule has 3 nitrogen and oxygen atoms in total. The van der Waals surface area contributed by atoms with Crippen LogP contribution in [0, 0.1) is 13.8 Å². The van der Waals surface area contributed by atoms with Gasteiger partial charge in [-0.15, -0.1) is 0 Å². The SMILES string of the molecule is Cc1cc2nc3c4ccccc4n(C)c3nc2cc1C. The molecule has 0 N–H and O–H groups in total. The molecular formula is C17H15N3. The van der Waals surface area contributed by atoms with Crippen LogP contribution in [-0.4, -0.2) is 14.5 Å². The first kappa shape index (κ1) is 11.4. The molecule has 0 bridgehead atoms. The zero-order valence-corrected chi connectivity index (χ0v) is 11.8. The van der Waals surface area contributed by atoms with Gasteiger partial charge in [-0.1, -0.05) is 18.2 Å². The summed E-state index contributed by atoms with van der Waals surface area (Å²) in [5.41, 5.74) is 7.55. The molecule has 20 heavy (non-hydrogen) atoms. The molecule has 0 saturated heterocycles. The lowest BCUT2D eigenvalue weighted by atomic mass is 10.1. The van der Waals surface area contributed by atoms with E-state index >= 15 is 0 Å². The molecule has 3 heteroatoms. The van der Waals surface area contributed by atoms with E-state index in [4.69, 9.17) is 9.97 Å². The number of hydrogen-bond donors (Lipinski definition) is 0. The maximum Gasteiger partial charge on any atom is 0.160 e. The largest absolute Gasteiger partial charge is 0.327 e. The van der Waals surface area contributed by atoms with Crippen molar-refractivity contribution in [3.63, 3.8) is 0 Å². The van der Waals surface area contributed by atoms with E-state index in [1.807, 2.05) is 13.1 Å². The lowest BCUT2D eigenvalue weighted by molar-refractivity contribution is 0.992. The maximum atomic E-state index is 4.85. The molecule has 0 unspecified atom stereocenters. The highest BCUT2D eigenvalue weighted by molar-refractivity contribution is 6.06. The molecule has 98 valence electrons. The highest BCUT2D eigenvalue weighted by atomic mass is 15.0. The molecule has 0 spiro atoms. The van der Waals surface area contributed by atoms with E-state index in [0.717, 1.165) is 27.6 Å². The van der Waals surface area contributed by atoms with Gasteiger partial charge in [-0.2, -0.15) is 0 Å². The Hall–Kier alpha value is -2.42. The van der Waals surface area contributed by atoms with Crippen LogP contribution in [0.2, 0.25) is 0 Å². The number of benzene rings is 2. The lowest BCUT2D eigenvalue weighted by Gasteiger charge is -2.03. The number of nitrogens with zero attached hydrogens (tertiary/aromatic N) is 3. The Morgan fingerprint density at radius 1 is 0.900 bits per heavy atom. The second-order valence-electron chi connectivity index (χ2n) is 5.40. The fourth-order valence-corrected chi connectivity index (χ4v) is 2.80. The number of aromatic nitrogens is 3. The number of fused-ring (bicyclic) bond motifs is 4. The lowest BCUT2D eigenvalue weighted by Crippen LogP contribution is -1.93. The van der Waals surface area contributed by atoms with Crippen molar-refractivity contribution in [3.05, 3.63) is 47.5 Å². The van der Waals surface area contributed by atoms with Crippen molar-refractivity contribution in [3.8, 4) is 0 Å². The minimum absolute atomic E-state index is 0.946. The summed E-state index contributed by atoms with van der Waals surface area (Å²) < 4.78 is 2.12. The molecule has 2 heterocycles. The monoisotopic (exact) mass is 261 g/mol. The third-order valence-corrected chi connectivity index (χ3v) is 4.10. The molecule has 2 aromatic heterocycles. The number of para-hydroxylation sites is 1. The molecular weight excluding hydrogens is 246 g/mol. The van der Waals surface area contributed by atoms with E-state index in [2.05, 4.69) is 48.7 Å². The number of rotatable bonds is 0. The van der Waals surface area contributed by atoms with Crippen LogP contribution >= 0.6 is 0 Å². The molecule has 4 rings (SSSR count). The third-order valence-electron chi connectivity index (χ3n) is 4.10. The van der Waals surface area contributed by atoms with Crippen molar-refractivity contribution in [2.45, 2.75) is 13.8 Å². The van der Waals surface area contributed by atoms with Crippen molar-refractivity contribution in [2.75, 3.05) is 0 Å². The van der Waals surface area contributed by atoms with Crippen LogP contribution in [0.3, 0.4) is 0 Å². The Kier molecular flexibility index (Phi) is 2.16. The van der Waals surface area contributed by atoms with Gasteiger partial charge in [0.15, 0.2) is 5.65 Å². The first-order valence-corrected chi connectivity index (χ1v) is 6.77. The molecule has 0 aliphatic carbocycles. The van der Waals surface area contributed by atoms with Crippen molar-refractivity contribution in [1.29, 1.82) is 0 Å². The zero-order valence-electron chi connectivity index (χ0n) is 11.8. The van der Waals surface area contributed by atoms with E-state index < -0.39 is 0 Å². The fourth-order valence-electron chi connectivity index (χ4n) is 2.80. The average Bonchev–Trinajstić information content (AvgIpc) is 2.72. The Labute approximate surface area is 116 Å². The Bertz CT molecular complexity index is 980. The van der Waals surface area contributed by atoms with Gasteiger partial charge in [0.05, 0.1) is 16.6 Å². The van der Waals surface area contributed by atoms with E-state index in [-0.39, 0.29) is 0 Å². The topological polar surface area (TPSA) is 30.7 Å². The summed E-state index contributed by atoms with van der Waals surface area (Å²) in [6.07, 6.45) is 0. The summed E-state index contributed by atoms with van der Waals surface area (Å²) in [6, 6.07) is 12.6. The van der Waals surface area contributed by atoms with Crippen LogP contribution < -0.4 is 0 Å². The number of hydrogen-bond acceptors (Lipinski definition) is 2. The first-order valence-electron chi connectivity index (χ1n) is 6.77. The van der Waals surface area contributed by atoms with Crippen LogP contribution in [0.25, 0.3) is 33.1 Å². The Morgan fingerprint density at radius 3 is 2.30 bits per heavy atom. The van der Waals surface area contributed by atoms with Gasteiger partial charge < -0.3 is 4.57 Å². The molecule has 2 aromatic carbocycles. The van der Waals surface area contributed by atoms with E-state index in [0.29, 0.717) is 0 Å². The standard InChI is InChI=1S/C17H15N3/c1-10-8-13-14(9-11(10)2)19-17-16(18-13)12-6-4-5-7-15(12)20(17)3/h4-9H,1-3H3. The highest BCUT2D eigenvalue weighted by Gasteiger charge is 2.12. The molecule has 4 aromatic rings. The van der Waals surface area contributed by atoms with E-state index in [9.17, 15) is 0 Å². The van der Waals surface area contributed by atoms with Gasteiger partial charge >= 0.3 is 0 Å². The summed E-state index contributed by atoms with van der Waals surface area (Å²) in [4.78, 5) is 9.66. The van der Waals surface area contributed by atoms with Crippen LogP contribution in [0.5, 0.6) is 0 Å². The van der Waals surface area contributed by atoms with Crippen molar-refractivity contribution < 1.29 is 0 Å². The molecule has 0 atom stereocenters. The highest BCUT2D eigenvalue weighted by Crippen LogP contribution is 2.27. The summed E-state index contributed by atoms with van der Waals surface area (Å²) in [7, 11) is 2.05. The second-order valence-corrected chi connectivity index (χ2v) is 5.40. The van der Waals surface area contributed by atoms with Crippen LogP contribution in [0.4, 0.5) is 0 Å². The predicted molar refractivity (Wildman–Crippen MR) is 83.0 cm³/mol. The Morgan fingerprint density at radius 2 is 1.55 bits per heavy atom. The van der Waals surface area contributed by atoms with Crippen LogP contribution in [0.1, 0.15) is 11.1 Å². The van der Waals surface area contributed by atoms with Gasteiger partial charge in [0.25, 0.3) is 0 Å². The third kappa shape index (κ3) is 1.40. The molecule has 0 amide bonds. The quantitative estimate of drug-likeness (QED) is 0.481. The average molecular weight is 261 g/mol. The molecule has 0 aliphatic heterocycles. The second kappa shape index (κ2) is 3.79. The minimum Gasteiger partial charge on any atom is -0.327 e. The summed E-state index contributed by atoms with van der Waals surface area (Å²) >= 11 is 0. The van der Waals surface area contributed by atoms with Crippen molar-refractivity contribution in [1.82, 2.24) is 14.5 Å². The van der Waals surface area contributed by atoms with Gasteiger partial charge in [0.1, 0.15) is 5.52 Å². The predicted octanol–water partition coefficient (Wildman–Crippen LogP) is 3.89. The van der Waals surface area contributed by atoms with Crippen molar-refractivity contribution >= 4 is 33.1 Å². The summed E-state index contributed by atoms with van der Waals surface area (Å²) in [6.45, 7) is 4.23. The van der Waals surface area contributed by atoms with Gasteiger partial charge in [0, 0.05) is 12.4 Å². The van der Waals surface area contributed by atoms with Gasteiger partial charge in [-0.3, -0.25) is 0 Å². The smallest absolute Gasteiger partial charge is 0.160 e. The first-order chi connectivity index (χ1) is 9.65. The summed E-state index contributed by atoms with van der Waals surface area (Å²) in [5, 5.41) is 1.16. The zero-order chi connectivity index (χ0) is 13.9. The fraction of sp³-hybridized carbons (Fsp3) is 0.176. The normalized spacial score (nSPS) is 11.8. The molecule has 0 radical (unpaired) electrons. The maximum absolute atomic E-state index is 4.85. The number of aryl methyl sites for hydroxylation is 3. The van der Waals surface area contributed by atoms with Crippen molar-refractivity contribution in [2.24, 2.45) is 7.05 Å². The van der Waals surface area contributed by atoms with E-state index in [1.165, 1.54) is 16.6 Å². The van der Waals surface area contributed by atoms with E-state index in [1.54, 1.807) is 0 Å². The van der Waals surface area contributed by atoms with Gasteiger partial charge in [-0.25, -0.2) is 9.97 Å². The van der Waals surface area contributed by atoms with Gasteiger partial charge in [0.2, 0.25) is 0 Å². The van der Waals surface area contributed by atoms with Crippen LogP contribution in [-0.2, 0) is 7.05 Å². The van der Waals surface area contributed by atoms with Crippen LogP contribution in [0.15, 0.2) is 36.4 Å². The Balaban J connectivity index is 2.26.